The number of benzene rings is 1. The zero-order chi connectivity index (χ0) is 18.5. The number of nitrogens with zero attached hydrogens (tertiary/aromatic N) is 3. The Hall–Kier alpha value is -2.50. The van der Waals surface area contributed by atoms with Crippen LogP contribution in [0.1, 0.15) is 37.8 Å². The Morgan fingerprint density at radius 2 is 2.08 bits per heavy atom. The van der Waals surface area contributed by atoms with Crippen molar-refractivity contribution in [3.05, 3.63) is 41.7 Å². The minimum Gasteiger partial charge on any atom is -0.466 e. The van der Waals surface area contributed by atoms with Gasteiger partial charge in [-0.1, -0.05) is 19.1 Å². The molecule has 6 nitrogen and oxygen atoms in total. The summed E-state index contributed by atoms with van der Waals surface area (Å²) in [6.45, 7) is 6.90. The monoisotopic (exact) mass is 356 g/mol. The fourth-order valence-electron chi connectivity index (χ4n) is 3.53. The summed E-state index contributed by atoms with van der Waals surface area (Å²) in [6.07, 6.45) is 6.30. The number of nitrogen functional groups attached to an aromatic ring is 1. The average Bonchev–Trinajstić information content (AvgIpc) is 3.07. The SMILES string of the molecule is CCOC(=O)C1CCN(c2cc(CC)ccc2Cn2ccnc2N)CC1. The molecule has 140 valence electrons. The highest BCUT2D eigenvalue weighted by molar-refractivity contribution is 5.73. The van der Waals surface area contributed by atoms with Gasteiger partial charge < -0.3 is 19.9 Å². The summed E-state index contributed by atoms with van der Waals surface area (Å²) in [4.78, 5) is 18.5. The number of aryl methyl sites for hydroxylation is 1. The first-order chi connectivity index (χ1) is 12.6. The van der Waals surface area contributed by atoms with Crippen molar-refractivity contribution < 1.29 is 9.53 Å². The predicted octanol–water partition coefficient (Wildman–Crippen LogP) is 2.86. The Bertz CT molecular complexity index is 748. The van der Waals surface area contributed by atoms with E-state index in [9.17, 15) is 4.79 Å². The van der Waals surface area contributed by atoms with E-state index in [1.807, 2.05) is 17.7 Å². The van der Waals surface area contributed by atoms with Crippen LogP contribution in [0.5, 0.6) is 0 Å². The largest absolute Gasteiger partial charge is 0.466 e. The molecule has 1 saturated heterocycles. The Morgan fingerprint density at radius 3 is 2.69 bits per heavy atom. The van der Waals surface area contributed by atoms with Crippen LogP contribution >= 0.6 is 0 Å². The van der Waals surface area contributed by atoms with Gasteiger partial charge in [0.2, 0.25) is 0 Å². The molecule has 3 rings (SSSR count). The van der Waals surface area contributed by atoms with Crippen molar-refractivity contribution in [3.8, 4) is 0 Å². The standard InChI is InChI=1S/C20H28N4O2/c1-3-15-5-6-17(14-24-12-9-22-20(24)21)18(13-15)23-10-7-16(8-11-23)19(25)26-4-2/h5-6,9,12-13,16H,3-4,7-8,10-11,14H2,1-2H3,(H2,21,22). The summed E-state index contributed by atoms with van der Waals surface area (Å²) >= 11 is 0. The molecule has 1 aliphatic rings. The Morgan fingerprint density at radius 1 is 1.31 bits per heavy atom. The van der Waals surface area contributed by atoms with Crippen LogP contribution in [-0.2, 0) is 22.5 Å². The molecule has 0 aliphatic carbocycles. The second kappa shape index (κ2) is 8.25. The number of nitrogens with two attached hydrogens (primary N) is 1. The van der Waals surface area contributed by atoms with E-state index in [0.29, 0.717) is 19.1 Å². The number of carbonyl (C=O) groups is 1. The molecule has 2 aromatic rings. The van der Waals surface area contributed by atoms with Gasteiger partial charge in [-0.15, -0.1) is 0 Å². The van der Waals surface area contributed by atoms with Crippen LogP contribution in [0, 0.1) is 5.92 Å². The normalized spacial score (nSPS) is 15.2. The number of carbonyl (C=O) groups excluding carboxylic acids is 1. The number of imidazole rings is 1. The minimum atomic E-state index is -0.0547. The van der Waals surface area contributed by atoms with Gasteiger partial charge in [0.15, 0.2) is 5.95 Å². The maximum atomic E-state index is 12.0. The molecule has 0 unspecified atom stereocenters. The van der Waals surface area contributed by atoms with Gasteiger partial charge in [0.1, 0.15) is 0 Å². The van der Waals surface area contributed by atoms with Crippen molar-refractivity contribution in [2.24, 2.45) is 5.92 Å². The lowest BCUT2D eigenvalue weighted by atomic mass is 9.95. The number of hydrogen-bond donors (Lipinski definition) is 1. The molecule has 1 aromatic carbocycles. The van der Waals surface area contributed by atoms with Crippen LogP contribution in [-0.4, -0.2) is 35.2 Å². The van der Waals surface area contributed by atoms with Crippen LogP contribution in [0.25, 0.3) is 0 Å². The Kier molecular flexibility index (Phi) is 5.81. The predicted molar refractivity (Wildman–Crippen MR) is 103 cm³/mol. The molecule has 1 aromatic heterocycles. The second-order valence-electron chi connectivity index (χ2n) is 6.74. The van der Waals surface area contributed by atoms with Crippen molar-refractivity contribution >= 4 is 17.6 Å². The van der Waals surface area contributed by atoms with Crippen molar-refractivity contribution in [2.75, 3.05) is 30.3 Å². The number of anilines is 2. The van der Waals surface area contributed by atoms with Crippen LogP contribution in [0.2, 0.25) is 0 Å². The van der Waals surface area contributed by atoms with Gasteiger partial charge in [0.05, 0.1) is 19.1 Å². The highest BCUT2D eigenvalue weighted by Gasteiger charge is 2.27. The number of aromatic nitrogens is 2. The van der Waals surface area contributed by atoms with Gasteiger partial charge in [0, 0.05) is 31.2 Å². The molecule has 0 radical (unpaired) electrons. The maximum Gasteiger partial charge on any atom is 0.309 e. The molecule has 1 aliphatic heterocycles. The van der Waals surface area contributed by atoms with E-state index in [1.54, 1.807) is 6.20 Å². The average molecular weight is 356 g/mol. The lowest BCUT2D eigenvalue weighted by molar-refractivity contribution is -0.148. The Balaban J connectivity index is 1.78. The first-order valence-electron chi connectivity index (χ1n) is 9.42. The van der Waals surface area contributed by atoms with E-state index in [0.717, 1.165) is 32.4 Å². The number of hydrogen-bond acceptors (Lipinski definition) is 5. The van der Waals surface area contributed by atoms with Crippen LogP contribution in [0.4, 0.5) is 11.6 Å². The van der Waals surface area contributed by atoms with E-state index < -0.39 is 0 Å². The topological polar surface area (TPSA) is 73.4 Å². The van der Waals surface area contributed by atoms with Crippen molar-refractivity contribution in [1.29, 1.82) is 0 Å². The number of esters is 1. The molecule has 2 N–H and O–H groups in total. The third kappa shape index (κ3) is 4.00. The first-order valence-corrected chi connectivity index (χ1v) is 9.42. The lowest BCUT2D eigenvalue weighted by Crippen LogP contribution is -2.37. The maximum absolute atomic E-state index is 12.0. The Labute approximate surface area is 155 Å². The zero-order valence-corrected chi connectivity index (χ0v) is 15.6. The quantitative estimate of drug-likeness (QED) is 0.806. The van der Waals surface area contributed by atoms with Gasteiger partial charge >= 0.3 is 5.97 Å². The summed E-state index contributed by atoms with van der Waals surface area (Å²) in [5.74, 6) is 0.491. The van der Waals surface area contributed by atoms with E-state index in [2.05, 4.69) is 35.0 Å². The third-order valence-corrected chi connectivity index (χ3v) is 5.10. The minimum absolute atomic E-state index is 0.0216. The number of ether oxygens (including phenoxy) is 1. The van der Waals surface area contributed by atoms with Gasteiger partial charge in [0.25, 0.3) is 0 Å². The fourth-order valence-corrected chi connectivity index (χ4v) is 3.53. The summed E-state index contributed by atoms with van der Waals surface area (Å²) in [6, 6.07) is 6.63. The second-order valence-corrected chi connectivity index (χ2v) is 6.74. The molecule has 1 fully saturated rings. The molecule has 0 amide bonds. The van der Waals surface area contributed by atoms with E-state index in [-0.39, 0.29) is 11.9 Å². The van der Waals surface area contributed by atoms with E-state index >= 15 is 0 Å². The molecule has 0 bridgehead atoms. The van der Waals surface area contributed by atoms with Gasteiger partial charge in [-0.05, 0) is 43.4 Å². The van der Waals surface area contributed by atoms with Crippen molar-refractivity contribution in [1.82, 2.24) is 9.55 Å². The molecular formula is C20H28N4O2. The van der Waals surface area contributed by atoms with Crippen LogP contribution in [0.3, 0.4) is 0 Å². The van der Waals surface area contributed by atoms with E-state index in [1.165, 1.54) is 16.8 Å². The number of rotatable bonds is 6. The highest BCUT2D eigenvalue weighted by atomic mass is 16.5. The van der Waals surface area contributed by atoms with Gasteiger partial charge in [-0.25, -0.2) is 4.98 Å². The first kappa shape index (κ1) is 18.3. The third-order valence-electron chi connectivity index (χ3n) is 5.10. The smallest absolute Gasteiger partial charge is 0.309 e. The van der Waals surface area contributed by atoms with Crippen LogP contribution in [0.15, 0.2) is 30.6 Å². The summed E-state index contributed by atoms with van der Waals surface area (Å²) < 4.78 is 7.14. The molecule has 2 heterocycles. The number of piperidine rings is 1. The molecule has 0 saturated carbocycles. The van der Waals surface area contributed by atoms with Crippen molar-refractivity contribution in [3.63, 3.8) is 0 Å². The van der Waals surface area contributed by atoms with Crippen LogP contribution < -0.4 is 10.6 Å². The van der Waals surface area contributed by atoms with Crippen molar-refractivity contribution in [2.45, 2.75) is 39.7 Å². The molecule has 0 atom stereocenters. The fraction of sp³-hybridized carbons (Fsp3) is 0.500. The molecular weight excluding hydrogens is 328 g/mol. The lowest BCUT2D eigenvalue weighted by Gasteiger charge is -2.34. The summed E-state index contributed by atoms with van der Waals surface area (Å²) in [5, 5.41) is 0. The molecule has 0 spiro atoms. The highest BCUT2D eigenvalue weighted by Crippen LogP contribution is 2.29. The van der Waals surface area contributed by atoms with E-state index in [4.69, 9.17) is 10.5 Å². The molecule has 26 heavy (non-hydrogen) atoms. The van der Waals surface area contributed by atoms with Gasteiger partial charge in [-0.2, -0.15) is 0 Å². The summed E-state index contributed by atoms with van der Waals surface area (Å²) in [7, 11) is 0. The molecule has 6 heteroatoms. The summed E-state index contributed by atoms with van der Waals surface area (Å²) in [5.41, 5.74) is 9.71. The zero-order valence-electron chi connectivity index (χ0n) is 15.6. The van der Waals surface area contributed by atoms with Gasteiger partial charge in [-0.3, -0.25) is 4.79 Å².